The molecule has 0 unspecified atom stereocenters. The third kappa shape index (κ3) is 2.42. The molecule has 0 aliphatic carbocycles. The summed E-state index contributed by atoms with van der Waals surface area (Å²) in [6.45, 7) is 0. The Morgan fingerprint density at radius 1 is 1.36 bits per heavy atom. The van der Waals surface area contributed by atoms with Crippen LogP contribution in [0.25, 0.3) is 0 Å². The molecule has 1 amide bonds. The maximum absolute atomic E-state index is 12.9. The van der Waals surface area contributed by atoms with E-state index in [1.807, 2.05) is 0 Å². The number of hydrogen-bond donors (Lipinski definition) is 0. The lowest BCUT2D eigenvalue weighted by Gasteiger charge is -2.10. The van der Waals surface area contributed by atoms with Gasteiger partial charge in [0.05, 0.1) is 0 Å². The van der Waals surface area contributed by atoms with Gasteiger partial charge in [0.2, 0.25) is 0 Å². The van der Waals surface area contributed by atoms with Gasteiger partial charge in [-0.2, -0.15) is 0 Å². The van der Waals surface area contributed by atoms with Crippen LogP contribution in [0.3, 0.4) is 0 Å². The maximum Gasteiger partial charge on any atom is 0.414 e. The van der Waals surface area contributed by atoms with Crippen LogP contribution in [-0.2, 0) is 0 Å². The Bertz CT molecular complexity index is 353. The van der Waals surface area contributed by atoms with Crippen LogP contribution in [0, 0.1) is 11.6 Å². The molecule has 5 heteroatoms. The van der Waals surface area contributed by atoms with Crippen LogP contribution < -0.4 is 4.74 Å². The van der Waals surface area contributed by atoms with Crippen molar-refractivity contribution in [3.8, 4) is 5.75 Å². The van der Waals surface area contributed by atoms with Crippen molar-refractivity contribution in [3.05, 3.63) is 29.8 Å². The summed E-state index contributed by atoms with van der Waals surface area (Å²) in [7, 11) is 2.92. The Hall–Kier alpha value is -1.65. The van der Waals surface area contributed by atoms with Gasteiger partial charge in [-0.25, -0.2) is 13.6 Å². The molecule has 0 bridgehead atoms. The smallest absolute Gasteiger partial charge is 0.407 e. The monoisotopic (exact) mass is 201 g/mol. The molecule has 0 heterocycles. The van der Waals surface area contributed by atoms with Gasteiger partial charge in [0.15, 0.2) is 11.6 Å². The van der Waals surface area contributed by atoms with E-state index in [1.54, 1.807) is 0 Å². The van der Waals surface area contributed by atoms with Crippen LogP contribution in [-0.4, -0.2) is 25.1 Å². The largest absolute Gasteiger partial charge is 0.414 e. The number of ether oxygens (including phenoxy) is 1. The van der Waals surface area contributed by atoms with Crippen molar-refractivity contribution in [2.24, 2.45) is 0 Å². The molecule has 0 saturated heterocycles. The van der Waals surface area contributed by atoms with E-state index >= 15 is 0 Å². The zero-order valence-electron chi connectivity index (χ0n) is 7.75. The Labute approximate surface area is 79.9 Å². The van der Waals surface area contributed by atoms with Crippen LogP contribution >= 0.6 is 0 Å². The number of carbonyl (C=O) groups is 1. The fourth-order valence-electron chi connectivity index (χ4n) is 0.743. The van der Waals surface area contributed by atoms with Crippen molar-refractivity contribution in [1.82, 2.24) is 4.90 Å². The van der Waals surface area contributed by atoms with Crippen molar-refractivity contribution in [2.75, 3.05) is 14.1 Å². The summed E-state index contributed by atoms with van der Waals surface area (Å²) >= 11 is 0. The molecule has 1 aromatic carbocycles. The zero-order valence-corrected chi connectivity index (χ0v) is 7.75. The van der Waals surface area contributed by atoms with E-state index in [0.29, 0.717) is 6.07 Å². The van der Waals surface area contributed by atoms with Crippen LogP contribution in [0.2, 0.25) is 0 Å². The van der Waals surface area contributed by atoms with E-state index in [2.05, 4.69) is 4.74 Å². The van der Waals surface area contributed by atoms with E-state index in [0.717, 1.165) is 17.0 Å². The molecule has 0 aromatic heterocycles. The van der Waals surface area contributed by atoms with E-state index in [1.165, 1.54) is 14.1 Å². The highest BCUT2D eigenvalue weighted by Gasteiger charge is 2.11. The third-order valence-corrected chi connectivity index (χ3v) is 1.46. The fourth-order valence-corrected chi connectivity index (χ4v) is 0.743. The average molecular weight is 201 g/mol. The maximum atomic E-state index is 12.9. The fraction of sp³-hybridized carbons (Fsp3) is 0.222. The van der Waals surface area contributed by atoms with Gasteiger partial charge < -0.3 is 9.64 Å². The summed E-state index contributed by atoms with van der Waals surface area (Å²) in [5.41, 5.74) is 0. The van der Waals surface area contributed by atoms with Gasteiger partial charge in [-0.15, -0.1) is 0 Å². The Balaban J connectivity index is 2.82. The number of carbonyl (C=O) groups excluding carboxylic acids is 1. The van der Waals surface area contributed by atoms with Crippen molar-refractivity contribution in [2.45, 2.75) is 0 Å². The van der Waals surface area contributed by atoms with Crippen molar-refractivity contribution in [3.63, 3.8) is 0 Å². The number of benzene rings is 1. The summed E-state index contributed by atoms with van der Waals surface area (Å²) in [5.74, 6) is -1.91. The number of hydrogen-bond acceptors (Lipinski definition) is 2. The van der Waals surface area contributed by atoms with Crippen LogP contribution in [0.4, 0.5) is 13.6 Å². The first-order valence-corrected chi connectivity index (χ1v) is 3.85. The molecule has 0 aliphatic rings. The Morgan fingerprint density at radius 3 is 2.50 bits per heavy atom. The second-order valence-electron chi connectivity index (χ2n) is 2.84. The topological polar surface area (TPSA) is 29.5 Å². The highest BCUT2D eigenvalue weighted by Crippen LogP contribution is 2.17. The predicted molar refractivity (Wildman–Crippen MR) is 46.1 cm³/mol. The van der Waals surface area contributed by atoms with Gasteiger partial charge in [-0.3, -0.25) is 0 Å². The molecule has 0 spiro atoms. The molecule has 0 saturated carbocycles. The summed E-state index contributed by atoms with van der Waals surface area (Å²) in [4.78, 5) is 12.1. The summed E-state index contributed by atoms with van der Waals surface area (Å²) in [6, 6.07) is 2.73. The first-order chi connectivity index (χ1) is 6.50. The Morgan fingerprint density at radius 2 is 2.00 bits per heavy atom. The van der Waals surface area contributed by atoms with Crippen molar-refractivity contribution >= 4 is 6.09 Å². The number of amides is 1. The second kappa shape index (κ2) is 4.04. The molecule has 76 valence electrons. The van der Waals surface area contributed by atoms with Crippen molar-refractivity contribution < 1.29 is 18.3 Å². The van der Waals surface area contributed by atoms with E-state index in [4.69, 9.17) is 0 Å². The molecule has 3 nitrogen and oxygen atoms in total. The summed E-state index contributed by atoms with van der Waals surface area (Å²) < 4.78 is 30.0. The van der Waals surface area contributed by atoms with Crippen LogP contribution in [0.15, 0.2) is 18.2 Å². The molecular formula is C9H9F2NO2. The van der Waals surface area contributed by atoms with Crippen molar-refractivity contribution in [1.29, 1.82) is 0 Å². The molecule has 0 radical (unpaired) electrons. The lowest BCUT2D eigenvalue weighted by Crippen LogP contribution is -2.25. The second-order valence-corrected chi connectivity index (χ2v) is 2.84. The molecule has 0 fully saturated rings. The van der Waals surface area contributed by atoms with E-state index < -0.39 is 17.7 Å². The van der Waals surface area contributed by atoms with Gasteiger partial charge in [0, 0.05) is 20.2 Å². The number of rotatable bonds is 1. The first kappa shape index (κ1) is 10.4. The first-order valence-electron chi connectivity index (χ1n) is 3.85. The minimum absolute atomic E-state index is 0.287. The van der Waals surface area contributed by atoms with Crippen LogP contribution in [0.5, 0.6) is 5.75 Å². The Kier molecular flexibility index (Phi) is 3.01. The highest BCUT2D eigenvalue weighted by atomic mass is 19.1. The lowest BCUT2D eigenvalue weighted by atomic mass is 10.3. The van der Waals surface area contributed by atoms with Gasteiger partial charge in [0.25, 0.3) is 0 Å². The molecule has 14 heavy (non-hydrogen) atoms. The molecule has 0 aliphatic heterocycles. The van der Waals surface area contributed by atoms with E-state index in [9.17, 15) is 13.6 Å². The minimum atomic E-state index is -0.903. The number of halogens is 2. The summed E-state index contributed by atoms with van der Waals surface area (Å²) in [6.07, 6.45) is -0.712. The van der Waals surface area contributed by atoms with Crippen LogP contribution in [0.1, 0.15) is 0 Å². The van der Waals surface area contributed by atoms with Gasteiger partial charge in [-0.05, 0) is 12.1 Å². The predicted octanol–water partition coefficient (Wildman–Crippen LogP) is 2.03. The lowest BCUT2D eigenvalue weighted by molar-refractivity contribution is 0.169. The summed E-state index contributed by atoms with van der Waals surface area (Å²) in [5, 5.41) is 0. The molecule has 0 N–H and O–H groups in total. The average Bonchev–Trinajstić information content (AvgIpc) is 2.09. The highest BCUT2D eigenvalue weighted by molar-refractivity contribution is 5.69. The van der Waals surface area contributed by atoms with Gasteiger partial charge in [0.1, 0.15) is 5.82 Å². The number of nitrogens with zero attached hydrogens (tertiary/aromatic N) is 1. The minimum Gasteiger partial charge on any atom is -0.407 e. The van der Waals surface area contributed by atoms with Gasteiger partial charge in [-0.1, -0.05) is 0 Å². The molecule has 1 aromatic rings. The third-order valence-electron chi connectivity index (χ3n) is 1.46. The molecule has 0 atom stereocenters. The van der Waals surface area contributed by atoms with E-state index in [-0.39, 0.29) is 5.75 Å². The zero-order chi connectivity index (χ0) is 10.7. The van der Waals surface area contributed by atoms with Gasteiger partial charge >= 0.3 is 6.09 Å². The SMILES string of the molecule is CN(C)C(=O)Oc1ccc(F)cc1F. The normalized spacial score (nSPS) is 9.71. The standard InChI is InChI=1S/C9H9F2NO2/c1-12(2)9(13)14-8-4-3-6(10)5-7(8)11/h3-5H,1-2H3. The quantitative estimate of drug-likeness (QED) is 0.695. The molecular weight excluding hydrogens is 192 g/mol. The molecule has 1 rings (SSSR count).